The summed E-state index contributed by atoms with van der Waals surface area (Å²) in [5.41, 5.74) is 1.64. The highest BCUT2D eigenvalue weighted by Gasteiger charge is 2.11. The molecule has 0 fully saturated rings. The van der Waals surface area contributed by atoms with E-state index < -0.39 is 0 Å². The quantitative estimate of drug-likeness (QED) is 0.691. The molecule has 1 aromatic carbocycles. The maximum absolute atomic E-state index is 12.6. The van der Waals surface area contributed by atoms with Crippen LogP contribution in [-0.4, -0.2) is 22.5 Å². The van der Waals surface area contributed by atoms with E-state index in [0.717, 1.165) is 26.6 Å². The Hall–Kier alpha value is -2.47. The fraction of sp³-hybridized carbons (Fsp3) is 0.235. The largest absolute Gasteiger partial charge is 0.493 e. The Balaban J connectivity index is 2.04. The van der Waals surface area contributed by atoms with Crippen molar-refractivity contribution in [1.29, 1.82) is 0 Å². The molecule has 6 heteroatoms. The van der Waals surface area contributed by atoms with Crippen LogP contribution in [0.1, 0.15) is 22.9 Å². The highest BCUT2D eigenvalue weighted by atomic mass is 32.1. The van der Waals surface area contributed by atoms with Crippen LogP contribution < -0.4 is 10.3 Å². The van der Waals surface area contributed by atoms with Gasteiger partial charge in [-0.15, -0.1) is 11.3 Å². The molecular formula is C17H17N3O2S. The molecule has 3 rings (SSSR count). The van der Waals surface area contributed by atoms with Crippen molar-refractivity contribution in [2.75, 3.05) is 6.61 Å². The van der Waals surface area contributed by atoms with Crippen LogP contribution in [0.15, 0.2) is 40.5 Å². The summed E-state index contributed by atoms with van der Waals surface area (Å²) in [5.74, 6) is 0.739. The van der Waals surface area contributed by atoms with Gasteiger partial charge in [0.25, 0.3) is 5.56 Å². The first kappa shape index (κ1) is 15.4. The van der Waals surface area contributed by atoms with Crippen LogP contribution in [0.5, 0.6) is 5.75 Å². The van der Waals surface area contributed by atoms with Gasteiger partial charge in [-0.05, 0) is 38.5 Å². The van der Waals surface area contributed by atoms with E-state index in [4.69, 9.17) is 4.74 Å². The average molecular weight is 327 g/mol. The van der Waals surface area contributed by atoms with E-state index in [0.29, 0.717) is 12.0 Å². The summed E-state index contributed by atoms with van der Waals surface area (Å²) in [6.45, 7) is 6.44. The number of hydrogen-bond donors (Lipinski definition) is 0. The van der Waals surface area contributed by atoms with Crippen LogP contribution in [0.4, 0.5) is 0 Å². The van der Waals surface area contributed by atoms with Gasteiger partial charge >= 0.3 is 0 Å². The molecule has 0 spiro atoms. The predicted molar refractivity (Wildman–Crippen MR) is 94.0 cm³/mol. The molecule has 0 unspecified atom stereocenters. The summed E-state index contributed by atoms with van der Waals surface area (Å²) < 4.78 is 6.82. The van der Waals surface area contributed by atoms with E-state index in [-0.39, 0.29) is 5.56 Å². The second-order valence-corrected chi connectivity index (χ2v) is 6.28. The maximum Gasteiger partial charge on any atom is 0.282 e. The van der Waals surface area contributed by atoms with E-state index in [2.05, 4.69) is 10.1 Å². The Morgan fingerprint density at radius 3 is 2.91 bits per heavy atom. The van der Waals surface area contributed by atoms with Crippen LogP contribution in [0, 0.1) is 13.8 Å². The molecule has 0 atom stereocenters. The Morgan fingerprint density at radius 2 is 2.13 bits per heavy atom. The van der Waals surface area contributed by atoms with Crippen molar-refractivity contribution in [2.24, 2.45) is 5.10 Å². The molecule has 0 radical (unpaired) electrons. The number of nitrogens with zero attached hydrogens (tertiary/aromatic N) is 3. The van der Waals surface area contributed by atoms with Gasteiger partial charge in [-0.1, -0.05) is 12.1 Å². The van der Waals surface area contributed by atoms with Crippen molar-refractivity contribution in [3.05, 3.63) is 57.0 Å². The maximum atomic E-state index is 12.6. The number of para-hydroxylation sites is 1. The first-order valence-corrected chi connectivity index (χ1v) is 8.17. The van der Waals surface area contributed by atoms with Gasteiger partial charge in [-0.2, -0.15) is 9.78 Å². The van der Waals surface area contributed by atoms with Crippen molar-refractivity contribution in [3.63, 3.8) is 0 Å². The van der Waals surface area contributed by atoms with Crippen molar-refractivity contribution in [2.45, 2.75) is 20.8 Å². The Labute approximate surface area is 137 Å². The molecule has 5 nitrogen and oxygen atoms in total. The van der Waals surface area contributed by atoms with Crippen LogP contribution in [0.25, 0.3) is 10.2 Å². The van der Waals surface area contributed by atoms with Gasteiger partial charge in [0.05, 0.1) is 18.2 Å². The Morgan fingerprint density at radius 1 is 1.35 bits per heavy atom. The SMILES string of the molecule is CCOc1ccccc1/C=N/n1cnc2sc(C)c(C)c2c1=O. The molecule has 0 saturated heterocycles. The third-order valence-electron chi connectivity index (χ3n) is 3.61. The van der Waals surface area contributed by atoms with Gasteiger partial charge in [0.2, 0.25) is 0 Å². The van der Waals surface area contributed by atoms with E-state index in [1.54, 1.807) is 6.21 Å². The number of thiophene rings is 1. The Kier molecular flexibility index (Phi) is 4.25. The molecule has 0 amide bonds. The number of aryl methyl sites for hydroxylation is 2. The molecule has 0 aliphatic carbocycles. The van der Waals surface area contributed by atoms with Gasteiger partial charge in [0, 0.05) is 10.4 Å². The molecule has 0 aliphatic heterocycles. The van der Waals surface area contributed by atoms with Gasteiger partial charge in [0.1, 0.15) is 16.9 Å². The molecule has 0 bridgehead atoms. The highest BCUT2D eigenvalue weighted by Crippen LogP contribution is 2.25. The predicted octanol–water partition coefficient (Wildman–Crippen LogP) is 3.36. The van der Waals surface area contributed by atoms with E-state index in [1.807, 2.05) is 45.0 Å². The first-order chi connectivity index (χ1) is 11.1. The highest BCUT2D eigenvalue weighted by molar-refractivity contribution is 7.18. The number of aromatic nitrogens is 2. The summed E-state index contributed by atoms with van der Waals surface area (Å²) in [4.78, 5) is 18.8. The smallest absolute Gasteiger partial charge is 0.282 e. The van der Waals surface area contributed by atoms with Gasteiger partial charge in [-0.3, -0.25) is 4.79 Å². The zero-order valence-electron chi connectivity index (χ0n) is 13.2. The molecule has 3 aromatic rings. The van der Waals surface area contributed by atoms with Crippen molar-refractivity contribution in [3.8, 4) is 5.75 Å². The summed E-state index contributed by atoms with van der Waals surface area (Å²) in [6.07, 6.45) is 3.08. The number of rotatable bonds is 4. The zero-order chi connectivity index (χ0) is 16.4. The minimum Gasteiger partial charge on any atom is -0.493 e. The fourth-order valence-corrected chi connectivity index (χ4v) is 3.29. The standard InChI is InChI=1S/C17H17N3O2S/c1-4-22-14-8-6-5-7-13(14)9-19-20-10-18-16-15(17(20)21)11(2)12(3)23-16/h5-10H,4H2,1-3H3/b19-9+. The first-order valence-electron chi connectivity index (χ1n) is 7.35. The van der Waals surface area contributed by atoms with E-state index in [9.17, 15) is 4.79 Å². The topological polar surface area (TPSA) is 56.5 Å². The summed E-state index contributed by atoms with van der Waals surface area (Å²) in [6, 6.07) is 7.58. The molecule has 2 aromatic heterocycles. The number of hydrogen-bond acceptors (Lipinski definition) is 5. The normalized spacial score (nSPS) is 11.4. The van der Waals surface area contributed by atoms with Crippen LogP contribution in [0.3, 0.4) is 0 Å². The fourth-order valence-electron chi connectivity index (χ4n) is 2.31. The molecule has 0 saturated carbocycles. The van der Waals surface area contributed by atoms with Gasteiger partial charge < -0.3 is 4.74 Å². The zero-order valence-corrected chi connectivity index (χ0v) is 14.1. The summed E-state index contributed by atoms with van der Waals surface area (Å²) >= 11 is 1.53. The lowest BCUT2D eigenvalue weighted by Crippen LogP contribution is -2.17. The van der Waals surface area contributed by atoms with Crippen LogP contribution in [-0.2, 0) is 0 Å². The lowest BCUT2D eigenvalue weighted by Gasteiger charge is -2.05. The van der Waals surface area contributed by atoms with Gasteiger partial charge in [-0.25, -0.2) is 4.98 Å². The second-order valence-electron chi connectivity index (χ2n) is 5.07. The van der Waals surface area contributed by atoms with Crippen LogP contribution >= 0.6 is 11.3 Å². The molecular weight excluding hydrogens is 310 g/mol. The molecule has 2 heterocycles. The third kappa shape index (κ3) is 2.90. The van der Waals surface area contributed by atoms with Crippen LogP contribution in [0.2, 0.25) is 0 Å². The molecule has 23 heavy (non-hydrogen) atoms. The van der Waals surface area contributed by atoms with Crippen molar-refractivity contribution in [1.82, 2.24) is 9.66 Å². The van der Waals surface area contributed by atoms with E-state index in [1.165, 1.54) is 22.3 Å². The minimum absolute atomic E-state index is 0.151. The molecule has 0 N–H and O–H groups in total. The number of benzene rings is 1. The van der Waals surface area contributed by atoms with E-state index >= 15 is 0 Å². The number of fused-ring (bicyclic) bond motifs is 1. The van der Waals surface area contributed by atoms with Crippen molar-refractivity contribution < 1.29 is 4.74 Å². The molecule has 118 valence electrons. The van der Waals surface area contributed by atoms with Crippen molar-refractivity contribution >= 4 is 27.8 Å². The minimum atomic E-state index is -0.151. The number of ether oxygens (including phenoxy) is 1. The summed E-state index contributed by atoms with van der Waals surface area (Å²) in [7, 11) is 0. The second kappa shape index (κ2) is 6.34. The average Bonchev–Trinajstić information content (AvgIpc) is 2.84. The summed E-state index contributed by atoms with van der Waals surface area (Å²) in [5, 5.41) is 4.90. The monoisotopic (exact) mass is 327 g/mol. The lowest BCUT2D eigenvalue weighted by molar-refractivity contribution is 0.340. The molecule has 0 aliphatic rings. The Bertz CT molecular complexity index is 941. The van der Waals surface area contributed by atoms with Gasteiger partial charge in [0.15, 0.2) is 0 Å². The third-order valence-corrected chi connectivity index (χ3v) is 4.73. The lowest BCUT2D eigenvalue weighted by atomic mass is 10.2.